The van der Waals surface area contributed by atoms with E-state index in [0.717, 1.165) is 41.2 Å². The second-order valence-corrected chi connectivity index (χ2v) is 9.10. The third-order valence-electron chi connectivity index (χ3n) is 6.66. The van der Waals surface area contributed by atoms with E-state index in [9.17, 15) is 4.79 Å². The van der Waals surface area contributed by atoms with E-state index in [4.69, 9.17) is 18.9 Å². The molecule has 2 unspecified atom stereocenters. The molecule has 0 aliphatic carbocycles. The maximum absolute atomic E-state index is 12.8. The van der Waals surface area contributed by atoms with Gasteiger partial charge >= 0.3 is 5.97 Å². The lowest BCUT2D eigenvalue weighted by Gasteiger charge is -2.33. The van der Waals surface area contributed by atoms with Crippen molar-refractivity contribution in [3.63, 3.8) is 0 Å². The van der Waals surface area contributed by atoms with Gasteiger partial charge in [-0.15, -0.1) is 0 Å². The molecule has 0 aromatic heterocycles. The molecule has 0 spiro atoms. The largest absolute Gasteiger partial charge is 0.467 e. The van der Waals surface area contributed by atoms with E-state index >= 15 is 0 Å². The zero-order valence-corrected chi connectivity index (χ0v) is 20.2. The molecule has 2 heterocycles. The maximum atomic E-state index is 12.8. The van der Waals surface area contributed by atoms with E-state index < -0.39 is 0 Å². The van der Waals surface area contributed by atoms with Crippen LogP contribution < -0.4 is 14.4 Å². The molecule has 0 N–H and O–H groups in total. The first kappa shape index (κ1) is 23.2. The zero-order valence-electron chi connectivity index (χ0n) is 20.2. The monoisotopic (exact) mass is 473 g/mol. The van der Waals surface area contributed by atoms with Gasteiger partial charge in [-0.05, 0) is 37.5 Å². The topological polar surface area (TPSA) is 57.2 Å². The van der Waals surface area contributed by atoms with Crippen molar-refractivity contribution in [3.05, 3.63) is 83.4 Å². The number of hydrogen-bond acceptors (Lipinski definition) is 6. The van der Waals surface area contributed by atoms with Crippen molar-refractivity contribution >= 4 is 11.7 Å². The molecule has 1 saturated heterocycles. The van der Waals surface area contributed by atoms with Crippen molar-refractivity contribution in [1.29, 1.82) is 0 Å². The Bertz CT molecular complexity index is 1170. The highest BCUT2D eigenvalue weighted by Crippen LogP contribution is 2.48. The van der Waals surface area contributed by atoms with E-state index in [1.807, 2.05) is 55.5 Å². The molecular weight excluding hydrogens is 442 g/mol. The van der Waals surface area contributed by atoms with Gasteiger partial charge in [0.2, 0.25) is 0 Å². The van der Waals surface area contributed by atoms with Crippen LogP contribution in [0.5, 0.6) is 17.2 Å². The van der Waals surface area contributed by atoms with Crippen LogP contribution in [0.1, 0.15) is 42.4 Å². The fraction of sp³-hybridized carbons (Fsp3) is 0.345. The van der Waals surface area contributed by atoms with Crippen LogP contribution in [0.4, 0.5) is 5.69 Å². The summed E-state index contributed by atoms with van der Waals surface area (Å²) >= 11 is 0. The normalized spacial score (nSPS) is 17.2. The smallest absolute Gasteiger partial charge is 0.310 e. The standard InChI is InChI=1S/C29H31NO5/c1-20(34-28(31)16-21-8-4-3-5-9-21)29-24-12-10-22(30-14-6-7-15-30)17-26(24)35-27-18-23(33-19-32-2)11-13-25(27)29/h3-5,8-13,17-18,20,29H,6-7,14-16,19H2,1-2H3. The van der Waals surface area contributed by atoms with E-state index in [1.54, 1.807) is 7.11 Å². The minimum absolute atomic E-state index is 0.155. The molecule has 3 aromatic rings. The highest BCUT2D eigenvalue weighted by molar-refractivity contribution is 5.73. The van der Waals surface area contributed by atoms with Gasteiger partial charge in [0.15, 0.2) is 6.79 Å². The number of esters is 1. The van der Waals surface area contributed by atoms with Gasteiger partial charge < -0.3 is 23.8 Å². The lowest BCUT2D eigenvalue weighted by molar-refractivity contribution is -0.148. The molecule has 2 aliphatic rings. The van der Waals surface area contributed by atoms with E-state index in [-0.39, 0.29) is 31.2 Å². The van der Waals surface area contributed by atoms with Gasteiger partial charge in [-0.2, -0.15) is 0 Å². The third kappa shape index (κ3) is 5.13. The van der Waals surface area contributed by atoms with Crippen LogP contribution in [0.3, 0.4) is 0 Å². The number of hydrogen-bond donors (Lipinski definition) is 0. The van der Waals surface area contributed by atoms with Crippen molar-refractivity contribution in [3.8, 4) is 17.2 Å². The molecule has 1 fully saturated rings. The molecule has 0 bridgehead atoms. The van der Waals surface area contributed by atoms with Gasteiger partial charge in [-0.3, -0.25) is 4.79 Å². The van der Waals surface area contributed by atoms with Crippen LogP contribution in [-0.4, -0.2) is 39.1 Å². The Balaban J connectivity index is 1.45. The minimum Gasteiger partial charge on any atom is -0.467 e. The van der Waals surface area contributed by atoms with Gasteiger partial charge in [0.1, 0.15) is 23.4 Å². The minimum atomic E-state index is -0.379. The molecule has 2 atom stereocenters. The van der Waals surface area contributed by atoms with E-state index in [1.165, 1.54) is 12.8 Å². The highest BCUT2D eigenvalue weighted by Gasteiger charge is 2.34. The Hall–Kier alpha value is -3.51. The van der Waals surface area contributed by atoms with Crippen LogP contribution in [-0.2, 0) is 20.7 Å². The molecular formula is C29H31NO5. The van der Waals surface area contributed by atoms with Crippen molar-refractivity contribution < 1.29 is 23.7 Å². The number of methoxy groups -OCH3 is 1. The lowest BCUT2D eigenvalue weighted by atomic mass is 9.84. The molecule has 6 nitrogen and oxygen atoms in total. The number of carbonyl (C=O) groups excluding carboxylic acids is 1. The summed E-state index contributed by atoms with van der Waals surface area (Å²) in [5.41, 5.74) is 4.08. The Morgan fingerprint density at radius 2 is 1.71 bits per heavy atom. The summed E-state index contributed by atoms with van der Waals surface area (Å²) in [7, 11) is 1.59. The van der Waals surface area contributed by atoms with Gasteiger partial charge in [0, 0.05) is 49.1 Å². The molecule has 0 amide bonds. The summed E-state index contributed by atoms with van der Waals surface area (Å²) in [6.07, 6.45) is 2.28. The van der Waals surface area contributed by atoms with Crippen molar-refractivity contribution in [2.45, 2.75) is 38.2 Å². The Labute approximate surface area is 206 Å². The highest BCUT2D eigenvalue weighted by atomic mass is 16.7. The van der Waals surface area contributed by atoms with Crippen LogP contribution >= 0.6 is 0 Å². The van der Waals surface area contributed by atoms with Gasteiger partial charge in [0.05, 0.1) is 12.3 Å². The molecule has 0 saturated carbocycles. The Morgan fingerprint density at radius 1 is 1.00 bits per heavy atom. The average molecular weight is 474 g/mol. The molecule has 2 aliphatic heterocycles. The van der Waals surface area contributed by atoms with Crippen molar-refractivity contribution in [2.75, 3.05) is 31.9 Å². The van der Waals surface area contributed by atoms with Crippen LogP contribution in [0.2, 0.25) is 0 Å². The number of ether oxygens (including phenoxy) is 4. The second kappa shape index (κ2) is 10.4. The molecule has 35 heavy (non-hydrogen) atoms. The molecule has 0 radical (unpaired) electrons. The summed E-state index contributed by atoms with van der Waals surface area (Å²) in [6.45, 7) is 4.23. The first-order valence-corrected chi connectivity index (χ1v) is 12.2. The predicted octanol–water partition coefficient (Wildman–Crippen LogP) is 5.68. The van der Waals surface area contributed by atoms with E-state index in [2.05, 4.69) is 23.1 Å². The van der Waals surface area contributed by atoms with Gasteiger partial charge in [-0.25, -0.2) is 0 Å². The summed E-state index contributed by atoms with van der Waals surface area (Å²) in [6, 6.07) is 21.8. The van der Waals surface area contributed by atoms with Crippen LogP contribution in [0.25, 0.3) is 0 Å². The summed E-state index contributed by atoms with van der Waals surface area (Å²) in [5, 5.41) is 0. The molecule has 182 valence electrons. The van der Waals surface area contributed by atoms with Crippen molar-refractivity contribution in [1.82, 2.24) is 0 Å². The third-order valence-corrected chi connectivity index (χ3v) is 6.66. The lowest BCUT2D eigenvalue weighted by Crippen LogP contribution is -2.27. The zero-order chi connectivity index (χ0) is 24.2. The number of fused-ring (bicyclic) bond motifs is 2. The van der Waals surface area contributed by atoms with Gasteiger partial charge in [-0.1, -0.05) is 42.5 Å². The maximum Gasteiger partial charge on any atom is 0.310 e. The summed E-state index contributed by atoms with van der Waals surface area (Å²) < 4.78 is 23.1. The first-order chi connectivity index (χ1) is 17.1. The number of benzene rings is 3. The summed E-state index contributed by atoms with van der Waals surface area (Å²) in [5.74, 6) is 1.77. The fourth-order valence-electron chi connectivity index (χ4n) is 4.99. The van der Waals surface area contributed by atoms with E-state index in [0.29, 0.717) is 11.5 Å². The Morgan fingerprint density at radius 3 is 2.46 bits per heavy atom. The number of nitrogens with zero attached hydrogens (tertiary/aromatic N) is 1. The van der Waals surface area contributed by atoms with Crippen LogP contribution in [0, 0.1) is 0 Å². The quantitative estimate of drug-likeness (QED) is 0.310. The van der Waals surface area contributed by atoms with Gasteiger partial charge in [0.25, 0.3) is 0 Å². The molecule has 6 heteroatoms. The predicted molar refractivity (Wildman–Crippen MR) is 134 cm³/mol. The fourth-order valence-corrected chi connectivity index (χ4v) is 4.99. The summed E-state index contributed by atoms with van der Waals surface area (Å²) in [4.78, 5) is 15.2. The second-order valence-electron chi connectivity index (χ2n) is 9.10. The first-order valence-electron chi connectivity index (χ1n) is 12.2. The SMILES string of the molecule is COCOc1ccc2c(c1)Oc1cc(N3CCCC3)ccc1C2C(C)OC(=O)Cc1ccccc1. The van der Waals surface area contributed by atoms with Crippen molar-refractivity contribution in [2.24, 2.45) is 0 Å². The van der Waals surface area contributed by atoms with Crippen LogP contribution in [0.15, 0.2) is 66.7 Å². The molecule has 3 aromatic carbocycles. The number of rotatable bonds is 8. The Kier molecular flexibility index (Phi) is 6.91. The molecule has 5 rings (SSSR count). The number of anilines is 1. The average Bonchev–Trinajstić information content (AvgIpc) is 3.41. The number of carbonyl (C=O) groups is 1.